The smallest absolute Gasteiger partial charge is 0.253 e. The van der Waals surface area contributed by atoms with E-state index in [1.54, 1.807) is 18.2 Å². The fourth-order valence-electron chi connectivity index (χ4n) is 4.17. The van der Waals surface area contributed by atoms with Gasteiger partial charge in [0.2, 0.25) is 5.91 Å². The van der Waals surface area contributed by atoms with E-state index in [1.165, 1.54) is 0 Å². The summed E-state index contributed by atoms with van der Waals surface area (Å²) in [7, 11) is 0. The summed E-state index contributed by atoms with van der Waals surface area (Å²) in [6.45, 7) is 7.17. The molecule has 1 fully saturated rings. The maximum atomic E-state index is 13.0. The van der Waals surface area contributed by atoms with Crippen molar-refractivity contribution >= 4 is 40.5 Å². The van der Waals surface area contributed by atoms with E-state index in [2.05, 4.69) is 41.5 Å². The topological polar surface area (TPSA) is 90.7 Å². The number of anilines is 2. The average Bonchev–Trinajstić information content (AvgIpc) is 3.04. The Morgan fingerprint density at radius 2 is 1.67 bits per heavy atom. The van der Waals surface area contributed by atoms with Gasteiger partial charge < -0.3 is 21.3 Å². The van der Waals surface area contributed by atoms with Crippen LogP contribution in [0.1, 0.15) is 41.8 Å². The molecular weight excluding hydrogens is 434 g/mol. The van der Waals surface area contributed by atoms with Gasteiger partial charge in [0.15, 0.2) is 5.11 Å². The van der Waals surface area contributed by atoms with Crippen LogP contribution >= 0.6 is 12.2 Å². The molecule has 7 nitrogen and oxygen atoms in total. The number of aryl methyl sites for hydroxylation is 2. The number of nitrogens with zero attached hydrogens (tertiary/aromatic N) is 2. The molecule has 0 bridgehead atoms. The molecule has 1 aliphatic heterocycles. The number of amides is 2. The highest BCUT2D eigenvalue weighted by Crippen LogP contribution is 2.22. The number of nitrogens with one attached hydrogen (secondary N) is 2. The number of para-hydroxylation sites is 1. The van der Waals surface area contributed by atoms with Crippen molar-refractivity contribution in [2.75, 3.05) is 43.4 Å². The van der Waals surface area contributed by atoms with Crippen molar-refractivity contribution in [2.45, 2.75) is 33.1 Å². The standard InChI is InChI=1S/C25H33N5O2S/c1-3-18-8-5-9-19(4-2)23(18)28-22(31)17-29-12-7-13-30(15-14-29)24(32)20-10-6-11-21(16-20)27-25(26)33/h5-6,8-11,16H,3-4,7,12-15,17H2,1-2H3,(H,28,31)(H3,26,27,33). The van der Waals surface area contributed by atoms with E-state index in [9.17, 15) is 9.59 Å². The van der Waals surface area contributed by atoms with Gasteiger partial charge >= 0.3 is 0 Å². The van der Waals surface area contributed by atoms with E-state index in [0.29, 0.717) is 37.4 Å². The predicted octanol–water partition coefficient (Wildman–Crippen LogP) is 3.25. The summed E-state index contributed by atoms with van der Waals surface area (Å²) < 4.78 is 0. The second-order valence-corrected chi connectivity index (χ2v) is 8.64. The maximum Gasteiger partial charge on any atom is 0.253 e. The Hall–Kier alpha value is -2.97. The normalized spacial score (nSPS) is 14.4. The number of hydrogen-bond donors (Lipinski definition) is 3. The van der Waals surface area contributed by atoms with Gasteiger partial charge in [0.25, 0.3) is 5.91 Å². The summed E-state index contributed by atoms with van der Waals surface area (Å²) in [5.74, 6) is -0.0424. The Morgan fingerprint density at radius 3 is 2.33 bits per heavy atom. The second-order valence-electron chi connectivity index (χ2n) is 8.20. The molecule has 0 atom stereocenters. The van der Waals surface area contributed by atoms with Gasteiger partial charge in [-0.1, -0.05) is 38.1 Å². The van der Waals surface area contributed by atoms with Crippen LogP contribution in [0.2, 0.25) is 0 Å². The molecule has 1 saturated heterocycles. The third-order valence-corrected chi connectivity index (χ3v) is 5.99. The van der Waals surface area contributed by atoms with Gasteiger partial charge in [-0.2, -0.15) is 0 Å². The van der Waals surface area contributed by atoms with Crippen molar-refractivity contribution in [3.8, 4) is 0 Å². The van der Waals surface area contributed by atoms with Crippen LogP contribution in [0.4, 0.5) is 11.4 Å². The Kier molecular flexibility index (Phi) is 8.79. The summed E-state index contributed by atoms with van der Waals surface area (Å²) in [4.78, 5) is 29.8. The minimum Gasteiger partial charge on any atom is -0.376 e. The number of hydrogen-bond acceptors (Lipinski definition) is 4. The highest BCUT2D eigenvalue weighted by molar-refractivity contribution is 7.80. The van der Waals surface area contributed by atoms with Crippen LogP contribution in [0.25, 0.3) is 0 Å². The monoisotopic (exact) mass is 467 g/mol. The van der Waals surface area contributed by atoms with E-state index < -0.39 is 0 Å². The fraction of sp³-hybridized carbons (Fsp3) is 0.400. The lowest BCUT2D eigenvalue weighted by Crippen LogP contribution is -2.38. The van der Waals surface area contributed by atoms with Crippen molar-refractivity contribution in [1.29, 1.82) is 0 Å². The molecule has 0 aliphatic carbocycles. The van der Waals surface area contributed by atoms with E-state index in [1.807, 2.05) is 17.0 Å². The molecule has 8 heteroatoms. The van der Waals surface area contributed by atoms with Crippen LogP contribution < -0.4 is 16.4 Å². The molecule has 33 heavy (non-hydrogen) atoms. The quantitative estimate of drug-likeness (QED) is 0.542. The van der Waals surface area contributed by atoms with E-state index in [-0.39, 0.29) is 16.9 Å². The van der Waals surface area contributed by atoms with Crippen LogP contribution in [0.15, 0.2) is 42.5 Å². The Morgan fingerprint density at radius 1 is 0.970 bits per heavy atom. The van der Waals surface area contributed by atoms with Crippen molar-refractivity contribution in [1.82, 2.24) is 9.80 Å². The van der Waals surface area contributed by atoms with Gasteiger partial charge in [-0.05, 0) is 60.8 Å². The molecule has 1 heterocycles. The number of carbonyl (C=O) groups excluding carboxylic acids is 2. The molecule has 4 N–H and O–H groups in total. The number of carbonyl (C=O) groups is 2. The zero-order valence-electron chi connectivity index (χ0n) is 19.4. The van der Waals surface area contributed by atoms with Crippen LogP contribution in [0.3, 0.4) is 0 Å². The van der Waals surface area contributed by atoms with Crippen molar-refractivity contribution in [3.63, 3.8) is 0 Å². The lowest BCUT2D eigenvalue weighted by Gasteiger charge is -2.22. The van der Waals surface area contributed by atoms with Gasteiger partial charge in [-0.25, -0.2) is 0 Å². The number of nitrogens with two attached hydrogens (primary N) is 1. The van der Waals surface area contributed by atoms with E-state index in [4.69, 9.17) is 18.0 Å². The molecule has 0 radical (unpaired) electrons. The van der Waals surface area contributed by atoms with Gasteiger partial charge in [-0.3, -0.25) is 14.5 Å². The maximum absolute atomic E-state index is 13.0. The fourth-order valence-corrected chi connectivity index (χ4v) is 4.29. The van der Waals surface area contributed by atoms with E-state index >= 15 is 0 Å². The first-order valence-corrected chi connectivity index (χ1v) is 11.9. The number of rotatable bonds is 7. The molecule has 2 aromatic rings. The first kappa shape index (κ1) is 24.7. The molecule has 2 amide bonds. The molecule has 176 valence electrons. The summed E-state index contributed by atoms with van der Waals surface area (Å²) in [6, 6.07) is 13.4. The Labute approximate surface area is 201 Å². The first-order chi connectivity index (χ1) is 15.9. The van der Waals surface area contributed by atoms with Gasteiger partial charge in [0.1, 0.15) is 0 Å². The molecule has 1 aliphatic rings. The van der Waals surface area contributed by atoms with Gasteiger partial charge in [0.05, 0.1) is 6.54 Å². The van der Waals surface area contributed by atoms with Crippen molar-refractivity contribution < 1.29 is 9.59 Å². The second kappa shape index (κ2) is 11.8. The predicted molar refractivity (Wildman–Crippen MR) is 138 cm³/mol. The number of benzene rings is 2. The third kappa shape index (κ3) is 6.76. The molecule has 2 aromatic carbocycles. The minimum absolute atomic E-state index is 0.0121. The number of thiocarbonyl (C=S) groups is 1. The molecule has 0 spiro atoms. The first-order valence-electron chi connectivity index (χ1n) is 11.5. The zero-order chi connectivity index (χ0) is 23.8. The summed E-state index contributed by atoms with van der Waals surface area (Å²) in [6.07, 6.45) is 2.56. The summed E-state index contributed by atoms with van der Waals surface area (Å²) in [5, 5.41) is 6.17. The van der Waals surface area contributed by atoms with Crippen LogP contribution in [0, 0.1) is 0 Å². The lowest BCUT2D eigenvalue weighted by atomic mass is 10.0. The average molecular weight is 468 g/mol. The van der Waals surface area contributed by atoms with Gasteiger partial charge in [-0.15, -0.1) is 0 Å². The van der Waals surface area contributed by atoms with Crippen LogP contribution in [-0.4, -0.2) is 59.5 Å². The van der Waals surface area contributed by atoms with Crippen molar-refractivity contribution in [3.05, 3.63) is 59.2 Å². The van der Waals surface area contributed by atoms with Crippen LogP contribution in [-0.2, 0) is 17.6 Å². The van der Waals surface area contributed by atoms with Gasteiger partial charge in [0, 0.05) is 43.1 Å². The molecular formula is C25H33N5O2S. The molecule has 0 unspecified atom stereocenters. The Balaban J connectivity index is 1.59. The molecule has 0 saturated carbocycles. The largest absolute Gasteiger partial charge is 0.376 e. The highest BCUT2D eigenvalue weighted by atomic mass is 32.1. The van der Waals surface area contributed by atoms with Crippen molar-refractivity contribution in [2.24, 2.45) is 5.73 Å². The zero-order valence-corrected chi connectivity index (χ0v) is 20.2. The minimum atomic E-state index is -0.0302. The highest BCUT2D eigenvalue weighted by Gasteiger charge is 2.22. The summed E-state index contributed by atoms with van der Waals surface area (Å²) in [5.41, 5.74) is 10.1. The third-order valence-electron chi connectivity index (χ3n) is 5.88. The van der Waals surface area contributed by atoms with E-state index in [0.717, 1.165) is 42.6 Å². The van der Waals surface area contributed by atoms with Crippen LogP contribution in [0.5, 0.6) is 0 Å². The Bertz CT molecular complexity index is 988. The molecule has 0 aromatic heterocycles. The summed E-state index contributed by atoms with van der Waals surface area (Å²) >= 11 is 4.88. The molecule has 3 rings (SSSR count). The lowest BCUT2D eigenvalue weighted by molar-refractivity contribution is -0.117. The SMILES string of the molecule is CCc1cccc(CC)c1NC(=O)CN1CCCN(C(=O)c2cccc(NC(N)=S)c2)CC1.